The number of primary amides is 1. The largest absolute Gasteiger partial charge is 0.368 e. The van der Waals surface area contributed by atoms with Crippen molar-refractivity contribution < 1.29 is 9.59 Å². The summed E-state index contributed by atoms with van der Waals surface area (Å²) >= 11 is 1.47. The fourth-order valence-corrected chi connectivity index (χ4v) is 3.98. The van der Waals surface area contributed by atoms with Gasteiger partial charge in [0.05, 0.1) is 11.0 Å². The van der Waals surface area contributed by atoms with Gasteiger partial charge in [-0.2, -0.15) is 0 Å². The zero-order valence-corrected chi connectivity index (χ0v) is 17.6. The van der Waals surface area contributed by atoms with Gasteiger partial charge in [-0.25, -0.2) is 4.98 Å². The fraction of sp³-hybridized carbons (Fsp3) is 0.130. The van der Waals surface area contributed by atoms with Gasteiger partial charge in [-0.05, 0) is 49.4 Å². The average molecular weight is 432 g/mol. The second-order valence-corrected chi connectivity index (χ2v) is 8.20. The molecule has 4 N–H and O–H groups in total. The van der Waals surface area contributed by atoms with Gasteiger partial charge in [0.15, 0.2) is 0 Å². The van der Waals surface area contributed by atoms with Crippen molar-refractivity contribution in [3.8, 4) is 11.4 Å². The second kappa shape index (κ2) is 9.01. The van der Waals surface area contributed by atoms with E-state index in [0.717, 1.165) is 27.1 Å². The first kappa shape index (κ1) is 20.6. The van der Waals surface area contributed by atoms with E-state index >= 15 is 0 Å². The van der Waals surface area contributed by atoms with Crippen molar-refractivity contribution in [2.75, 3.05) is 5.75 Å². The topological polar surface area (TPSA) is 114 Å². The summed E-state index contributed by atoms with van der Waals surface area (Å²) in [6, 6.07) is 16.0. The van der Waals surface area contributed by atoms with Gasteiger partial charge in [-0.15, -0.1) is 11.8 Å². The number of pyridine rings is 1. The molecule has 0 spiro atoms. The highest BCUT2D eigenvalue weighted by atomic mass is 32.2. The fourth-order valence-electron chi connectivity index (χ4n) is 3.05. The minimum atomic E-state index is -0.788. The maximum Gasteiger partial charge on any atom is 0.252 e. The van der Waals surface area contributed by atoms with Crippen LogP contribution in [-0.4, -0.2) is 38.6 Å². The highest BCUT2D eigenvalue weighted by molar-refractivity contribution is 7.99. The molecule has 2 amide bonds. The standard InChI is InChI=1S/C23H21N5O2S/c1-14-2-5-17(6-3-14)31-13-20(21(24)29)28-23(30)16-4-7-18-19(12-16)27-22(26-18)15-8-10-25-11-9-15/h2-12,20H,13H2,1H3,(H2,24,29)(H,26,27)(H,28,30). The number of aromatic amines is 1. The Hall–Kier alpha value is -3.65. The summed E-state index contributed by atoms with van der Waals surface area (Å²) in [5.41, 5.74) is 9.47. The zero-order valence-electron chi connectivity index (χ0n) is 16.8. The Morgan fingerprint density at radius 2 is 1.84 bits per heavy atom. The molecule has 1 atom stereocenters. The number of hydrogen-bond donors (Lipinski definition) is 3. The molecule has 0 aliphatic rings. The number of nitrogens with one attached hydrogen (secondary N) is 2. The molecule has 0 saturated heterocycles. The van der Waals surface area contributed by atoms with Crippen molar-refractivity contribution in [3.05, 3.63) is 78.1 Å². The minimum absolute atomic E-state index is 0.350. The third-order valence-electron chi connectivity index (χ3n) is 4.78. The first-order chi connectivity index (χ1) is 15.0. The SMILES string of the molecule is Cc1ccc(SCC(NC(=O)c2ccc3nc(-c4ccncc4)[nH]c3c2)C(N)=O)cc1. The number of hydrogen-bond acceptors (Lipinski definition) is 5. The molecule has 0 aliphatic carbocycles. The minimum Gasteiger partial charge on any atom is -0.368 e. The summed E-state index contributed by atoms with van der Waals surface area (Å²) in [6.45, 7) is 2.01. The molecule has 4 rings (SSSR count). The molecule has 1 unspecified atom stereocenters. The number of carbonyl (C=O) groups excluding carboxylic acids is 2. The lowest BCUT2D eigenvalue weighted by Gasteiger charge is -2.15. The Bertz CT molecular complexity index is 1220. The van der Waals surface area contributed by atoms with Crippen LogP contribution in [0.3, 0.4) is 0 Å². The highest BCUT2D eigenvalue weighted by Gasteiger charge is 2.20. The maximum absolute atomic E-state index is 12.8. The quantitative estimate of drug-likeness (QED) is 0.389. The Balaban J connectivity index is 1.47. The number of rotatable bonds is 7. The summed E-state index contributed by atoms with van der Waals surface area (Å²) < 4.78 is 0. The predicted octanol–water partition coefficient (Wildman–Crippen LogP) is 3.31. The van der Waals surface area contributed by atoms with Crippen LogP contribution in [0.4, 0.5) is 0 Å². The molecule has 8 heteroatoms. The van der Waals surface area contributed by atoms with Crippen LogP contribution in [0.5, 0.6) is 0 Å². The van der Waals surface area contributed by atoms with Crippen LogP contribution in [0.15, 0.2) is 71.9 Å². The van der Waals surface area contributed by atoms with E-state index in [2.05, 4.69) is 20.3 Å². The number of aryl methyl sites for hydroxylation is 1. The van der Waals surface area contributed by atoms with Crippen LogP contribution in [0.2, 0.25) is 0 Å². The van der Waals surface area contributed by atoms with Crippen molar-refractivity contribution in [2.45, 2.75) is 17.9 Å². The molecular formula is C23H21N5O2S. The van der Waals surface area contributed by atoms with Gasteiger partial charge in [0.1, 0.15) is 11.9 Å². The number of amides is 2. The van der Waals surface area contributed by atoms with E-state index < -0.39 is 11.9 Å². The molecule has 2 aromatic heterocycles. The smallest absolute Gasteiger partial charge is 0.252 e. The van der Waals surface area contributed by atoms with E-state index in [1.54, 1.807) is 30.6 Å². The van der Waals surface area contributed by atoms with Gasteiger partial charge in [0.25, 0.3) is 5.91 Å². The molecule has 156 valence electrons. The number of nitrogens with zero attached hydrogens (tertiary/aromatic N) is 2. The van der Waals surface area contributed by atoms with Crippen molar-refractivity contribution in [3.63, 3.8) is 0 Å². The molecule has 2 heterocycles. The third kappa shape index (κ3) is 4.92. The molecule has 0 radical (unpaired) electrons. The number of benzene rings is 2. The maximum atomic E-state index is 12.8. The number of nitrogens with two attached hydrogens (primary N) is 1. The van der Waals surface area contributed by atoms with E-state index in [-0.39, 0.29) is 5.91 Å². The van der Waals surface area contributed by atoms with Gasteiger partial charge < -0.3 is 16.0 Å². The predicted molar refractivity (Wildman–Crippen MR) is 122 cm³/mol. The highest BCUT2D eigenvalue weighted by Crippen LogP contribution is 2.22. The van der Waals surface area contributed by atoms with Gasteiger partial charge in [0.2, 0.25) is 5.91 Å². The number of thioether (sulfide) groups is 1. The van der Waals surface area contributed by atoms with Crippen LogP contribution in [0.1, 0.15) is 15.9 Å². The molecule has 4 aromatic rings. The van der Waals surface area contributed by atoms with Gasteiger partial charge in [-0.1, -0.05) is 17.7 Å². The molecule has 7 nitrogen and oxygen atoms in total. The van der Waals surface area contributed by atoms with E-state index in [1.807, 2.05) is 43.3 Å². The Morgan fingerprint density at radius 3 is 2.55 bits per heavy atom. The lowest BCUT2D eigenvalue weighted by atomic mass is 10.1. The molecule has 0 aliphatic heterocycles. The molecular weight excluding hydrogens is 410 g/mol. The average Bonchev–Trinajstić information content (AvgIpc) is 3.21. The third-order valence-corrected chi connectivity index (χ3v) is 5.89. The van der Waals surface area contributed by atoms with E-state index in [1.165, 1.54) is 11.8 Å². The monoisotopic (exact) mass is 431 g/mol. The Morgan fingerprint density at radius 1 is 1.10 bits per heavy atom. The second-order valence-electron chi connectivity index (χ2n) is 7.11. The summed E-state index contributed by atoms with van der Waals surface area (Å²) in [7, 11) is 0. The van der Waals surface area contributed by atoms with Crippen molar-refractivity contribution in [2.24, 2.45) is 5.73 Å². The normalized spacial score (nSPS) is 11.9. The summed E-state index contributed by atoms with van der Waals surface area (Å²) in [4.78, 5) is 37.4. The number of fused-ring (bicyclic) bond motifs is 1. The van der Waals surface area contributed by atoms with Crippen molar-refractivity contribution >= 4 is 34.6 Å². The van der Waals surface area contributed by atoms with E-state index in [9.17, 15) is 9.59 Å². The number of H-pyrrole nitrogens is 1. The Labute approximate surface area is 183 Å². The van der Waals surface area contributed by atoms with Crippen LogP contribution < -0.4 is 11.1 Å². The first-order valence-electron chi connectivity index (χ1n) is 9.69. The van der Waals surface area contributed by atoms with Gasteiger partial charge >= 0.3 is 0 Å². The molecule has 31 heavy (non-hydrogen) atoms. The number of carbonyl (C=O) groups is 2. The van der Waals surface area contributed by atoms with Crippen LogP contribution in [0.25, 0.3) is 22.4 Å². The summed E-state index contributed by atoms with van der Waals surface area (Å²) in [6.07, 6.45) is 3.39. The molecule has 2 aromatic carbocycles. The molecule has 0 saturated carbocycles. The van der Waals surface area contributed by atoms with E-state index in [4.69, 9.17) is 5.73 Å². The molecule has 0 fully saturated rings. The summed E-state index contributed by atoms with van der Waals surface area (Å²) in [5, 5.41) is 2.74. The van der Waals surface area contributed by atoms with Crippen LogP contribution >= 0.6 is 11.8 Å². The number of aromatic nitrogens is 3. The lowest BCUT2D eigenvalue weighted by Crippen LogP contribution is -2.46. The van der Waals surface area contributed by atoms with Crippen molar-refractivity contribution in [1.82, 2.24) is 20.3 Å². The van der Waals surface area contributed by atoms with Gasteiger partial charge in [0, 0.05) is 34.2 Å². The molecule has 0 bridgehead atoms. The lowest BCUT2D eigenvalue weighted by molar-refractivity contribution is -0.119. The first-order valence-corrected chi connectivity index (χ1v) is 10.7. The van der Waals surface area contributed by atoms with Crippen LogP contribution in [0, 0.1) is 6.92 Å². The Kier molecular flexibility index (Phi) is 5.99. The van der Waals surface area contributed by atoms with Crippen LogP contribution in [-0.2, 0) is 4.79 Å². The van der Waals surface area contributed by atoms with Gasteiger partial charge in [-0.3, -0.25) is 14.6 Å². The zero-order chi connectivity index (χ0) is 21.8. The van der Waals surface area contributed by atoms with E-state index in [0.29, 0.717) is 17.1 Å². The number of imidazole rings is 1. The van der Waals surface area contributed by atoms with Crippen molar-refractivity contribution in [1.29, 1.82) is 0 Å². The summed E-state index contributed by atoms with van der Waals surface area (Å²) in [5.74, 6) is 0.105.